The van der Waals surface area contributed by atoms with Gasteiger partial charge in [0.1, 0.15) is 0 Å². The minimum atomic E-state index is -3.81. The highest BCUT2D eigenvalue weighted by Crippen LogP contribution is 2.34. The van der Waals surface area contributed by atoms with E-state index in [1.807, 2.05) is 31.2 Å². The third kappa shape index (κ3) is 3.19. The van der Waals surface area contributed by atoms with Gasteiger partial charge in [-0.1, -0.05) is 47.7 Å². The number of aromatic nitrogens is 2. The smallest absolute Gasteiger partial charge is 0.293 e. The van der Waals surface area contributed by atoms with Gasteiger partial charge in [0, 0.05) is 12.1 Å². The topological polar surface area (TPSA) is 92.3 Å². The molecule has 0 fully saturated rings. The van der Waals surface area contributed by atoms with Gasteiger partial charge in [-0.05, 0) is 36.6 Å². The molecule has 1 aliphatic heterocycles. The van der Waals surface area contributed by atoms with Crippen molar-refractivity contribution in [2.24, 2.45) is 0 Å². The van der Waals surface area contributed by atoms with E-state index in [0.29, 0.717) is 24.2 Å². The number of anilines is 2. The summed E-state index contributed by atoms with van der Waals surface area (Å²) in [6, 6.07) is 14.5. The lowest BCUT2D eigenvalue weighted by Crippen LogP contribution is -2.29. The second kappa shape index (κ2) is 6.75. The number of para-hydroxylation sites is 1. The Balaban J connectivity index is 1.58. The summed E-state index contributed by atoms with van der Waals surface area (Å²) >= 11 is 0.846. The van der Waals surface area contributed by atoms with Crippen LogP contribution < -0.4 is 9.62 Å². The predicted octanol–water partition coefficient (Wildman–Crippen LogP) is 2.85. The molecule has 0 bridgehead atoms. The molecule has 138 valence electrons. The van der Waals surface area contributed by atoms with Crippen LogP contribution in [-0.4, -0.2) is 31.1 Å². The molecule has 0 radical (unpaired) electrons. The number of amides is 1. The molecule has 4 rings (SSSR count). The van der Waals surface area contributed by atoms with Gasteiger partial charge >= 0.3 is 0 Å². The first-order valence-electron chi connectivity index (χ1n) is 8.28. The molecule has 7 nitrogen and oxygen atoms in total. The second-order valence-electron chi connectivity index (χ2n) is 6.10. The number of carbonyl (C=O) groups excluding carboxylic acids is 1. The highest BCUT2D eigenvalue weighted by Gasteiger charge is 2.33. The summed E-state index contributed by atoms with van der Waals surface area (Å²) in [4.78, 5) is 12.4. The zero-order valence-corrected chi connectivity index (χ0v) is 16.0. The molecule has 2 aromatic carbocycles. The van der Waals surface area contributed by atoms with Crippen LogP contribution in [0.25, 0.3) is 0 Å². The second-order valence-corrected chi connectivity index (χ2v) is 9.11. The van der Waals surface area contributed by atoms with E-state index in [9.17, 15) is 13.2 Å². The monoisotopic (exact) mass is 400 g/mol. The third-order valence-corrected chi connectivity index (χ3v) is 7.37. The van der Waals surface area contributed by atoms with Crippen LogP contribution in [0.2, 0.25) is 0 Å². The summed E-state index contributed by atoms with van der Waals surface area (Å²) in [5.74, 6) is -0.347. The number of nitrogens with zero attached hydrogens (tertiary/aromatic N) is 3. The molecule has 2 heterocycles. The van der Waals surface area contributed by atoms with E-state index in [4.69, 9.17) is 0 Å². The van der Waals surface area contributed by atoms with Crippen molar-refractivity contribution in [2.45, 2.75) is 17.7 Å². The number of hydrogen-bond donors (Lipinski definition) is 1. The normalized spacial score (nSPS) is 13.4. The molecule has 1 amide bonds. The van der Waals surface area contributed by atoms with Crippen LogP contribution >= 0.6 is 11.3 Å². The summed E-state index contributed by atoms with van der Waals surface area (Å²) in [7, 11) is -3.81. The Kier molecular flexibility index (Phi) is 4.40. The summed E-state index contributed by atoms with van der Waals surface area (Å²) in [6.07, 6.45) is 0.658. The van der Waals surface area contributed by atoms with Crippen molar-refractivity contribution in [1.82, 2.24) is 10.2 Å². The Morgan fingerprint density at radius 3 is 2.67 bits per heavy atom. The van der Waals surface area contributed by atoms with Crippen LogP contribution in [0.3, 0.4) is 0 Å². The Morgan fingerprint density at radius 1 is 1.11 bits per heavy atom. The van der Waals surface area contributed by atoms with E-state index in [1.165, 1.54) is 4.31 Å². The number of fused-ring (bicyclic) bond motifs is 1. The standard InChI is InChI=1S/C18H16N4O3S2/c1-12-6-2-4-8-14(12)16(23)19-17-20-21-18(26-17)27(24,25)22-11-10-13-7-3-5-9-15(13)22/h2-9H,10-11H2,1H3,(H,19,20,23). The van der Waals surface area contributed by atoms with Gasteiger partial charge in [-0.3, -0.25) is 14.4 Å². The fourth-order valence-electron chi connectivity index (χ4n) is 3.01. The number of hydrogen-bond acceptors (Lipinski definition) is 6. The third-order valence-electron chi connectivity index (χ3n) is 4.37. The van der Waals surface area contributed by atoms with Crippen molar-refractivity contribution >= 4 is 38.1 Å². The van der Waals surface area contributed by atoms with Crippen LogP contribution in [0.15, 0.2) is 52.9 Å². The molecule has 0 atom stereocenters. The summed E-state index contributed by atoms with van der Waals surface area (Å²) in [5, 5.41) is 10.4. The number of carbonyl (C=O) groups is 1. The first-order chi connectivity index (χ1) is 13.0. The van der Waals surface area contributed by atoms with E-state index >= 15 is 0 Å². The van der Waals surface area contributed by atoms with E-state index in [2.05, 4.69) is 15.5 Å². The first kappa shape index (κ1) is 17.6. The number of benzene rings is 2. The molecular weight excluding hydrogens is 384 g/mol. The van der Waals surface area contributed by atoms with Crippen molar-refractivity contribution < 1.29 is 13.2 Å². The molecule has 0 spiro atoms. The number of aryl methyl sites for hydroxylation is 1. The average Bonchev–Trinajstić information content (AvgIpc) is 3.29. The van der Waals surface area contributed by atoms with Crippen LogP contribution in [0.4, 0.5) is 10.8 Å². The molecule has 0 saturated carbocycles. The lowest BCUT2D eigenvalue weighted by atomic mass is 10.1. The minimum Gasteiger partial charge on any atom is -0.296 e. The quantitative estimate of drug-likeness (QED) is 0.680. The maximum absolute atomic E-state index is 12.9. The number of nitrogens with one attached hydrogen (secondary N) is 1. The Labute approximate surface area is 160 Å². The molecule has 1 aliphatic rings. The van der Waals surface area contributed by atoms with Gasteiger partial charge in [-0.25, -0.2) is 0 Å². The lowest BCUT2D eigenvalue weighted by molar-refractivity contribution is 0.102. The molecule has 3 aromatic rings. The number of rotatable bonds is 4. The maximum Gasteiger partial charge on any atom is 0.293 e. The Morgan fingerprint density at radius 2 is 1.85 bits per heavy atom. The highest BCUT2D eigenvalue weighted by atomic mass is 32.2. The molecule has 1 aromatic heterocycles. The average molecular weight is 400 g/mol. The first-order valence-corrected chi connectivity index (χ1v) is 10.5. The van der Waals surface area contributed by atoms with E-state index in [1.54, 1.807) is 24.3 Å². The zero-order valence-electron chi connectivity index (χ0n) is 14.4. The van der Waals surface area contributed by atoms with Crippen LogP contribution in [-0.2, 0) is 16.4 Å². The molecular formula is C18H16N4O3S2. The van der Waals surface area contributed by atoms with Gasteiger partial charge in [-0.15, -0.1) is 10.2 Å². The molecule has 0 aliphatic carbocycles. The summed E-state index contributed by atoms with van der Waals surface area (Å²) in [6.45, 7) is 2.20. The fourth-order valence-corrected chi connectivity index (χ4v) is 5.51. The zero-order chi connectivity index (χ0) is 19.0. The minimum absolute atomic E-state index is 0.140. The van der Waals surface area contributed by atoms with Gasteiger partial charge in [-0.2, -0.15) is 8.42 Å². The van der Waals surface area contributed by atoms with Crippen molar-refractivity contribution in [2.75, 3.05) is 16.2 Å². The largest absolute Gasteiger partial charge is 0.296 e. The molecule has 0 unspecified atom stereocenters. The van der Waals surface area contributed by atoms with Gasteiger partial charge < -0.3 is 0 Å². The van der Waals surface area contributed by atoms with E-state index < -0.39 is 10.0 Å². The van der Waals surface area contributed by atoms with Crippen molar-refractivity contribution in [3.8, 4) is 0 Å². The van der Waals surface area contributed by atoms with Crippen LogP contribution in [0.5, 0.6) is 0 Å². The van der Waals surface area contributed by atoms with E-state index in [-0.39, 0.29) is 15.4 Å². The molecule has 0 saturated heterocycles. The Bertz CT molecular complexity index is 1120. The van der Waals surface area contributed by atoms with Gasteiger partial charge in [0.2, 0.25) is 5.13 Å². The van der Waals surface area contributed by atoms with Gasteiger partial charge in [0.15, 0.2) is 0 Å². The molecule has 9 heteroatoms. The summed E-state index contributed by atoms with van der Waals surface area (Å²) < 4.78 is 27.1. The van der Waals surface area contributed by atoms with Crippen molar-refractivity contribution in [1.29, 1.82) is 0 Å². The van der Waals surface area contributed by atoms with Crippen molar-refractivity contribution in [3.63, 3.8) is 0 Å². The van der Waals surface area contributed by atoms with Gasteiger partial charge in [0.05, 0.1) is 5.69 Å². The number of sulfonamides is 1. The summed E-state index contributed by atoms with van der Waals surface area (Å²) in [5.41, 5.74) is 2.98. The van der Waals surface area contributed by atoms with Crippen molar-refractivity contribution in [3.05, 3.63) is 65.2 Å². The van der Waals surface area contributed by atoms with Crippen LogP contribution in [0.1, 0.15) is 21.5 Å². The fraction of sp³-hybridized carbons (Fsp3) is 0.167. The highest BCUT2D eigenvalue weighted by molar-refractivity contribution is 7.94. The van der Waals surface area contributed by atoms with Crippen LogP contribution in [0, 0.1) is 6.92 Å². The molecule has 1 N–H and O–H groups in total. The van der Waals surface area contributed by atoms with E-state index in [0.717, 1.165) is 22.5 Å². The Hall–Kier alpha value is -2.78. The van der Waals surface area contributed by atoms with Gasteiger partial charge in [0.25, 0.3) is 20.3 Å². The maximum atomic E-state index is 12.9. The lowest BCUT2D eigenvalue weighted by Gasteiger charge is -2.17. The SMILES string of the molecule is Cc1ccccc1C(=O)Nc1nnc(S(=O)(=O)N2CCc3ccccc32)s1. The molecule has 27 heavy (non-hydrogen) atoms. The predicted molar refractivity (Wildman–Crippen MR) is 104 cm³/mol.